The van der Waals surface area contributed by atoms with Crippen LogP contribution in [-0.4, -0.2) is 21.8 Å². The third kappa shape index (κ3) is 2.01. The van der Waals surface area contributed by atoms with Gasteiger partial charge in [-0.05, 0) is 6.92 Å². The molecule has 0 saturated heterocycles. The molecule has 1 heterocycles. The van der Waals surface area contributed by atoms with Crippen molar-refractivity contribution in [2.24, 2.45) is 5.73 Å². The fraction of sp³-hybridized carbons (Fsp3) is 0.167. The average molecular weight is 215 g/mol. The van der Waals surface area contributed by atoms with Crippen LogP contribution in [-0.2, 0) is 0 Å². The lowest BCUT2D eigenvalue weighted by Gasteiger charge is -2.04. The zero-order chi connectivity index (χ0) is 11.5. The van der Waals surface area contributed by atoms with E-state index in [4.69, 9.17) is 5.73 Å². The minimum Gasteiger partial charge on any atom is -0.345 e. The zero-order valence-electron chi connectivity index (χ0n) is 8.97. The Morgan fingerprint density at radius 3 is 2.56 bits per heavy atom. The van der Waals surface area contributed by atoms with Crippen molar-refractivity contribution in [1.29, 1.82) is 0 Å². The molecule has 2 aromatic rings. The highest BCUT2D eigenvalue weighted by molar-refractivity contribution is 5.99. The molecule has 1 aromatic carbocycles. The Morgan fingerprint density at radius 2 is 2.06 bits per heavy atom. The lowest BCUT2D eigenvalue weighted by atomic mass is 10.0. The van der Waals surface area contributed by atoms with E-state index in [1.54, 1.807) is 31.5 Å². The molecule has 0 aliphatic carbocycles. The highest BCUT2D eigenvalue weighted by atomic mass is 16.1. The van der Waals surface area contributed by atoms with Gasteiger partial charge in [-0.2, -0.15) is 0 Å². The molecule has 16 heavy (non-hydrogen) atoms. The molecule has 0 bridgehead atoms. The van der Waals surface area contributed by atoms with Gasteiger partial charge in [0, 0.05) is 23.5 Å². The maximum atomic E-state index is 11.6. The molecule has 1 atom stereocenters. The highest BCUT2D eigenvalue weighted by Gasteiger charge is 2.10. The van der Waals surface area contributed by atoms with Crippen LogP contribution in [0.1, 0.15) is 17.3 Å². The molecule has 0 amide bonds. The second-order valence-electron chi connectivity index (χ2n) is 3.67. The van der Waals surface area contributed by atoms with Gasteiger partial charge in [0.05, 0.1) is 6.04 Å². The molecule has 2 rings (SSSR count). The van der Waals surface area contributed by atoms with Crippen LogP contribution in [0.25, 0.3) is 11.4 Å². The summed E-state index contributed by atoms with van der Waals surface area (Å²) in [6.07, 6.45) is 3.45. The number of rotatable bonds is 3. The Kier molecular flexibility index (Phi) is 2.83. The lowest BCUT2D eigenvalue weighted by Crippen LogP contribution is -2.26. The molecule has 0 aliphatic heterocycles. The van der Waals surface area contributed by atoms with E-state index >= 15 is 0 Å². The number of carbonyl (C=O) groups is 1. The lowest BCUT2D eigenvalue weighted by molar-refractivity contribution is 0.0968. The van der Waals surface area contributed by atoms with E-state index in [1.807, 2.05) is 12.1 Å². The zero-order valence-corrected chi connectivity index (χ0v) is 8.97. The molecule has 0 spiro atoms. The molecule has 0 saturated carbocycles. The van der Waals surface area contributed by atoms with Gasteiger partial charge in [-0.3, -0.25) is 4.79 Å². The fourth-order valence-electron chi connectivity index (χ4n) is 1.48. The van der Waals surface area contributed by atoms with Crippen LogP contribution in [0.15, 0.2) is 36.7 Å². The van der Waals surface area contributed by atoms with Crippen LogP contribution in [0, 0.1) is 0 Å². The number of nitrogens with one attached hydrogen (secondary N) is 1. The van der Waals surface area contributed by atoms with Crippen molar-refractivity contribution in [3.05, 3.63) is 42.2 Å². The molecular weight excluding hydrogens is 202 g/mol. The molecular formula is C12H13N3O. The van der Waals surface area contributed by atoms with Crippen molar-refractivity contribution >= 4 is 5.78 Å². The van der Waals surface area contributed by atoms with Gasteiger partial charge in [-0.25, -0.2) is 4.98 Å². The smallest absolute Gasteiger partial charge is 0.179 e. The molecule has 3 N–H and O–H groups in total. The van der Waals surface area contributed by atoms with E-state index < -0.39 is 6.04 Å². The topological polar surface area (TPSA) is 71.8 Å². The van der Waals surface area contributed by atoms with Crippen LogP contribution >= 0.6 is 0 Å². The molecule has 0 radical (unpaired) electrons. The van der Waals surface area contributed by atoms with Gasteiger partial charge in [0.1, 0.15) is 5.82 Å². The Hall–Kier alpha value is -1.94. The van der Waals surface area contributed by atoms with Crippen molar-refractivity contribution in [1.82, 2.24) is 9.97 Å². The highest BCUT2D eigenvalue weighted by Crippen LogP contribution is 2.15. The van der Waals surface area contributed by atoms with Crippen LogP contribution in [0.5, 0.6) is 0 Å². The number of benzene rings is 1. The quantitative estimate of drug-likeness (QED) is 0.764. The Labute approximate surface area is 93.5 Å². The third-order valence-electron chi connectivity index (χ3n) is 2.35. The number of imidazole rings is 1. The van der Waals surface area contributed by atoms with Crippen molar-refractivity contribution < 1.29 is 4.79 Å². The summed E-state index contributed by atoms with van der Waals surface area (Å²) in [6, 6.07) is 6.78. The largest absolute Gasteiger partial charge is 0.345 e. The summed E-state index contributed by atoms with van der Waals surface area (Å²) in [6.45, 7) is 1.68. The second-order valence-corrected chi connectivity index (χ2v) is 3.67. The molecule has 1 aromatic heterocycles. The van der Waals surface area contributed by atoms with Crippen LogP contribution in [0.2, 0.25) is 0 Å². The number of aromatic nitrogens is 2. The first kappa shape index (κ1) is 10.6. The maximum absolute atomic E-state index is 11.6. The van der Waals surface area contributed by atoms with Crippen molar-refractivity contribution in [2.45, 2.75) is 13.0 Å². The molecule has 4 nitrogen and oxygen atoms in total. The van der Waals surface area contributed by atoms with Gasteiger partial charge in [-0.15, -0.1) is 0 Å². The van der Waals surface area contributed by atoms with Crippen LogP contribution < -0.4 is 5.73 Å². The maximum Gasteiger partial charge on any atom is 0.179 e. The second kappa shape index (κ2) is 4.28. The molecule has 4 heteroatoms. The van der Waals surface area contributed by atoms with Crippen molar-refractivity contribution in [3.8, 4) is 11.4 Å². The van der Waals surface area contributed by atoms with Gasteiger partial charge >= 0.3 is 0 Å². The predicted octanol–water partition coefficient (Wildman–Crippen LogP) is 1.61. The fourth-order valence-corrected chi connectivity index (χ4v) is 1.48. The van der Waals surface area contributed by atoms with Crippen LogP contribution in [0.3, 0.4) is 0 Å². The summed E-state index contributed by atoms with van der Waals surface area (Å²) in [7, 11) is 0. The van der Waals surface area contributed by atoms with Gasteiger partial charge in [0.25, 0.3) is 0 Å². The number of Topliss-reactive ketones (excluding diaryl/α,β-unsaturated/α-hetero) is 1. The summed E-state index contributed by atoms with van der Waals surface area (Å²) < 4.78 is 0. The van der Waals surface area contributed by atoms with E-state index in [2.05, 4.69) is 9.97 Å². The summed E-state index contributed by atoms with van der Waals surface area (Å²) in [5, 5.41) is 0. The number of H-pyrrole nitrogens is 1. The number of hydrogen-bond acceptors (Lipinski definition) is 3. The number of hydrogen-bond donors (Lipinski definition) is 2. The minimum absolute atomic E-state index is 0.0500. The number of nitrogens with zero attached hydrogens (tertiary/aromatic N) is 1. The molecule has 0 fully saturated rings. The first-order valence-corrected chi connectivity index (χ1v) is 5.08. The van der Waals surface area contributed by atoms with E-state index in [0.717, 1.165) is 11.4 Å². The van der Waals surface area contributed by atoms with Gasteiger partial charge in [-0.1, -0.05) is 24.3 Å². The minimum atomic E-state index is -0.463. The summed E-state index contributed by atoms with van der Waals surface area (Å²) in [5.74, 6) is 0.741. The summed E-state index contributed by atoms with van der Waals surface area (Å²) in [4.78, 5) is 18.7. The molecule has 82 valence electrons. The molecule has 0 aliphatic rings. The Balaban J connectivity index is 2.27. The third-order valence-corrected chi connectivity index (χ3v) is 2.35. The summed E-state index contributed by atoms with van der Waals surface area (Å²) in [5.41, 5.74) is 7.11. The van der Waals surface area contributed by atoms with E-state index in [1.165, 1.54) is 0 Å². The monoisotopic (exact) mass is 215 g/mol. The first-order valence-electron chi connectivity index (χ1n) is 5.08. The summed E-state index contributed by atoms with van der Waals surface area (Å²) >= 11 is 0. The van der Waals surface area contributed by atoms with Crippen molar-refractivity contribution in [3.63, 3.8) is 0 Å². The Bertz CT molecular complexity index is 471. The van der Waals surface area contributed by atoms with Crippen molar-refractivity contribution in [2.75, 3.05) is 0 Å². The number of carbonyl (C=O) groups excluding carboxylic acids is 1. The normalized spacial score (nSPS) is 12.4. The SMILES string of the molecule is CC(N)C(=O)c1ccc(-c2ncc[nH]2)cc1. The number of nitrogens with two attached hydrogens (primary N) is 1. The Morgan fingerprint density at radius 1 is 1.38 bits per heavy atom. The standard InChI is InChI=1S/C12H13N3O/c1-8(13)11(16)9-2-4-10(5-3-9)12-14-6-7-15-12/h2-8H,13H2,1H3,(H,14,15). The van der Waals surface area contributed by atoms with Gasteiger partial charge < -0.3 is 10.7 Å². The predicted molar refractivity (Wildman–Crippen MR) is 62.0 cm³/mol. The van der Waals surface area contributed by atoms with Gasteiger partial charge in [0.2, 0.25) is 0 Å². The molecule has 1 unspecified atom stereocenters. The first-order chi connectivity index (χ1) is 7.68. The average Bonchev–Trinajstić information content (AvgIpc) is 2.81. The van der Waals surface area contributed by atoms with E-state index in [0.29, 0.717) is 5.56 Å². The number of aromatic amines is 1. The van der Waals surface area contributed by atoms with E-state index in [-0.39, 0.29) is 5.78 Å². The number of ketones is 1. The van der Waals surface area contributed by atoms with Crippen LogP contribution in [0.4, 0.5) is 0 Å². The van der Waals surface area contributed by atoms with E-state index in [9.17, 15) is 4.79 Å². The van der Waals surface area contributed by atoms with Gasteiger partial charge in [0.15, 0.2) is 5.78 Å².